The molecular formula is C12H23NO2S. The van der Waals surface area contributed by atoms with Crippen LogP contribution in [-0.2, 0) is 4.79 Å². The molecule has 16 heavy (non-hydrogen) atoms. The maximum Gasteiger partial charge on any atom is 0.321 e. The van der Waals surface area contributed by atoms with E-state index in [4.69, 9.17) is 5.11 Å². The number of aliphatic carboxylic acids is 1. The van der Waals surface area contributed by atoms with Crippen molar-refractivity contribution in [2.45, 2.75) is 51.0 Å². The van der Waals surface area contributed by atoms with Gasteiger partial charge in [-0.3, -0.25) is 4.79 Å². The van der Waals surface area contributed by atoms with Crippen LogP contribution in [0.4, 0.5) is 0 Å². The monoisotopic (exact) mass is 245 g/mol. The van der Waals surface area contributed by atoms with Gasteiger partial charge in [-0.1, -0.05) is 32.1 Å². The van der Waals surface area contributed by atoms with Crippen LogP contribution in [0, 0.1) is 0 Å². The lowest BCUT2D eigenvalue weighted by atomic mass is 10.1. The number of carboxylic acids is 1. The molecule has 0 aromatic rings. The Morgan fingerprint density at radius 1 is 1.06 bits per heavy atom. The predicted octanol–water partition coefficient (Wildman–Crippen LogP) is 2.51. The molecule has 94 valence electrons. The summed E-state index contributed by atoms with van der Waals surface area (Å²) in [6, 6.07) is -0.356. The van der Waals surface area contributed by atoms with Crippen molar-refractivity contribution in [1.82, 2.24) is 5.32 Å². The molecule has 0 spiro atoms. The summed E-state index contributed by atoms with van der Waals surface area (Å²) in [5.74, 6) is 1.10. The summed E-state index contributed by atoms with van der Waals surface area (Å²) in [5.41, 5.74) is 0. The van der Waals surface area contributed by atoms with Crippen LogP contribution in [0.25, 0.3) is 0 Å². The molecule has 1 atom stereocenters. The predicted molar refractivity (Wildman–Crippen MR) is 69.1 cm³/mol. The Hall–Kier alpha value is -0.220. The third-order valence-electron chi connectivity index (χ3n) is 2.94. The average molecular weight is 245 g/mol. The van der Waals surface area contributed by atoms with Crippen LogP contribution in [0.3, 0.4) is 0 Å². The fraction of sp³-hybridized carbons (Fsp3) is 0.917. The quantitative estimate of drug-likeness (QED) is 0.745. The maximum absolute atomic E-state index is 11.0. The molecule has 1 heterocycles. The second-order valence-corrected chi connectivity index (χ2v) is 5.54. The van der Waals surface area contributed by atoms with Gasteiger partial charge in [0.25, 0.3) is 0 Å². The number of carbonyl (C=O) groups is 1. The minimum absolute atomic E-state index is 0.356. The fourth-order valence-electron chi connectivity index (χ4n) is 1.91. The van der Waals surface area contributed by atoms with Crippen LogP contribution in [-0.4, -0.2) is 35.2 Å². The van der Waals surface area contributed by atoms with E-state index in [0.717, 1.165) is 18.7 Å². The summed E-state index contributed by atoms with van der Waals surface area (Å²) in [6.07, 6.45) is 8.85. The van der Waals surface area contributed by atoms with E-state index in [2.05, 4.69) is 5.32 Å². The van der Waals surface area contributed by atoms with Crippen LogP contribution in [0.15, 0.2) is 0 Å². The Morgan fingerprint density at radius 3 is 2.38 bits per heavy atom. The van der Waals surface area contributed by atoms with Crippen LogP contribution in [0.5, 0.6) is 0 Å². The molecule has 1 aliphatic heterocycles. The summed E-state index contributed by atoms with van der Waals surface area (Å²) >= 11 is 1.77. The van der Waals surface area contributed by atoms with Gasteiger partial charge in [0.1, 0.15) is 6.04 Å². The number of hydrogen-bond donors (Lipinski definition) is 2. The lowest BCUT2D eigenvalue weighted by molar-refractivity contribution is -0.138. The van der Waals surface area contributed by atoms with Crippen molar-refractivity contribution in [3.8, 4) is 0 Å². The molecule has 1 fully saturated rings. The highest BCUT2D eigenvalue weighted by molar-refractivity contribution is 7.99. The molecule has 0 amide bonds. The van der Waals surface area contributed by atoms with Gasteiger partial charge in [0.05, 0.1) is 0 Å². The Kier molecular flexibility index (Phi) is 7.68. The van der Waals surface area contributed by atoms with Crippen LogP contribution < -0.4 is 5.32 Å². The highest BCUT2D eigenvalue weighted by Crippen LogP contribution is 2.12. The molecule has 4 heteroatoms. The van der Waals surface area contributed by atoms with Gasteiger partial charge in [0, 0.05) is 5.75 Å². The lowest BCUT2D eigenvalue weighted by Gasteiger charge is -2.13. The van der Waals surface area contributed by atoms with E-state index in [1.807, 2.05) is 0 Å². The second kappa shape index (κ2) is 8.88. The molecule has 0 aromatic carbocycles. The first kappa shape index (κ1) is 13.8. The van der Waals surface area contributed by atoms with E-state index >= 15 is 0 Å². The van der Waals surface area contributed by atoms with Gasteiger partial charge in [-0.25, -0.2) is 0 Å². The number of hydrogen-bond acceptors (Lipinski definition) is 3. The maximum atomic E-state index is 11.0. The van der Waals surface area contributed by atoms with Gasteiger partial charge in [-0.15, -0.1) is 0 Å². The number of nitrogens with one attached hydrogen (secondary N) is 1. The third-order valence-corrected chi connectivity index (χ3v) is 4.09. The molecule has 1 aliphatic rings. The Labute approximate surface area is 102 Å². The summed E-state index contributed by atoms with van der Waals surface area (Å²) in [5, 5.41) is 12.2. The molecular weight excluding hydrogens is 222 g/mol. The van der Waals surface area contributed by atoms with E-state index in [1.54, 1.807) is 11.8 Å². The Morgan fingerprint density at radius 2 is 1.69 bits per heavy atom. The number of rotatable bonds is 1. The SMILES string of the molecule is O=C(O)C1CSCCCCCCCCCN1. The zero-order valence-electron chi connectivity index (χ0n) is 9.91. The summed E-state index contributed by atoms with van der Waals surface area (Å²) < 4.78 is 0. The molecule has 0 aromatic heterocycles. The zero-order chi connectivity index (χ0) is 11.6. The molecule has 0 bridgehead atoms. The molecule has 3 nitrogen and oxygen atoms in total. The molecule has 2 N–H and O–H groups in total. The Bertz CT molecular complexity index is 185. The number of thioether (sulfide) groups is 1. The van der Waals surface area contributed by atoms with Gasteiger partial charge in [0.2, 0.25) is 0 Å². The summed E-state index contributed by atoms with van der Waals surface area (Å²) in [4.78, 5) is 11.0. The van der Waals surface area contributed by atoms with Gasteiger partial charge in [-0.2, -0.15) is 11.8 Å². The van der Waals surface area contributed by atoms with Gasteiger partial charge in [-0.05, 0) is 25.1 Å². The second-order valence-electron chi connectivity index (χ2n) is 4.39. The topological polar surface area (TPSA) is 49.3 Å². The third kappa shape index (κ3) is 6.38. The van der Waals surface area contributed by atoms with Crippen molar-refractivity contribution in [3.63, 3.8) is 0 Å². The fourth-order valence-corrected chi connectivity index (χ4v) is 2.98. The minimum atomic E-state index is -0.706. The summed E-state index contributed by atoms with van der Waals surface area (Å²) in [6.45, 7) is 0.845. The normalized spacial score (nSPS) is 26.1. The van der Waals surface area contributed by atoms with Crippen LogP contribution in [0.1, 0.15) is 44.9 Å². The molecule has 0 saturated carbocycles. The van der Waals surface area contributed by atoms with E-state index < -0.39 is 5.97 Å². The molecule has 1 saturated heterocycles. The molecule has 0 aliphatic carbocycles. The van der Waals surface area contributed by atoms with Crippen molar-refractivity contribution in [3.05, 3.63) is 0 Å². The van der Waals surface area contributed by atoms with Crippen molar-refractivity contribution in [1.29, 1.82) is 0 Å². The van der Waals surface area contributed by atoms with Crippen molar-refractivity contribution in [2.24, 2.45) is 0 Å². The van der Waals surface area contributed by atoms with E-state index in [-0.39, 0.29) is 6.04 Å². The van der Waals surface area contributed by atoms with Crippen molar-refractivity contribution >= 4 is 17.7 Å². The van der Waals surface area contributed by atoms with Crippen LogP contribution >= 0.6 is 11.8 Å². The van der Waals surface area contributed by atoms with Gasteiger partial charge < -0.3 is 10.4 Å². The first-order valence-corrected chi connectivity index (χ1v) is 7.50. The van der Waals surface area contributed by atoms with Gasteiger partial charge >= 0.3 is 5.97 Å². The number of carboxylic acid groups (broad SMARTS) is 1. The first-order valence-electron chi connectivity index (χ1n) is 6.34. The van der Waals surface area contributed by atoms with E-state index in [1.165, 1.54) is 38.5 Å². The lowest BCUT2D eigenvalue weighted by Crippen LogP contribution is -2.39. The molecule has 1 unspecified atom stereocenters. The van der Waals surface area contributed by atoms with Crippen molar-refractivity contribution < 1.29 is 9.90 Å². The van der Waals surface area contributed by atoms with Crippen LogP contribution in [0.2, 0.25) is 0 Å². The average Bonchev–Trinajstić information content (AvgIpc) is 2.28. The highest BCUT2D eigenvalue weighted by Gasteiger charge is 2.15. The smallest absolute Gasteiger partial charge is 0.321 e. The molecule has 1 rings (SSSR count). The highest BCUT2D eigenvalue weighted by atomic mass is 32.2. The minimum Gasteiger partial charge on any atom is -0.480 e. The Balaban J connectivity index is 2.29. The zero-order valence-corrected chi connectivity index (χ0v) is 10.7. The summed E-state index contributed by atoms with van der Waals surface area (Å²) in [7, 11) is 0. The standard InChI is InChI=1S/C12H23NO2S/c14-12(15)11-10-16-9-7-5-3-1-2-4-6-8-13-11/h11,13H,1-10H2,(H,14,15). The van der Waals surface area contributed by atoms with E-state index in [0.29, 0.717) is 5.75 Å². The largest absolute Gasteiger partial charge is 0.480 e. The molecule has 0 radical (unpaired) electrons. The van der Waals surface area contributed by atoms with Gasteiger partial charge in [0.15, 0.2) is 0 Å². The first-order chi connectivity index (χ1) is 7.80. The van der Waals surface area contributed by atoms with E-state index in [9.17, 15) is 4.79 Å². The van der Waals surface area contributed by atoms with Crippen molar-refractivity contribution in [2.75, 3.05) is 18.1 Å².